The Morgan fingerprint density at radius 1 is 0.839 bits per heavy atom. The lowest BCUT2D eigenvalue weighted by Gasteiger charge is -2.11. The van der Waals surface area contributed by atoms with Crippen molar-refractivity contribution in [3.8, 4) is 22.4 Å². The van der Waals surface area contributed by atoms with E-state index in [1.165, 1.54) is 6.07 Å². The molecule has 2 nitrogen and oxygen atoms in total. The molecule has 0 aliphatic rings. The van der Waals surface area contributed by atoms with Crippen molar-refractivity contribution in [3.05, 3.63) is 82.9 Å². The van der Waals surface area contributed by atoms with Gasteiger partial charge < -0.3 is 10.7 Å². The van der Waals surface area contributed by atoms with Gasteiger partial charge in [0.1, 0.15) is 0 Å². The van der Waals surface area contributed by atoms with E-state index in [2.05, 4.69) is 4.98 Å². The predicted molar refractivity (Wildman–Crippen MR) is 121 cm³/mol. The molecule has 1 heterocycles. The number of benzene rings is 3. The highest BCUT2D eigenvalue weighted by Crippen LogP contribution is 2.43. The third-order valence-electron chi connectivity index (χ3n) is 5.48. The molecular weight excluding hydrogens is 421 g/mol. The molecule has 0 bridgehead atoms. The molecule has 31 heavy (non-hydrogen) atoms. The highest BCUT2D eigenvalue weighted by atomic mass is 35.5. The Hall–Kier alpha value is -2.76. The summed E-state index contributed by atoms with van der Waals surface area (Å²) < 4.78 is 41.3. The molecule has 3 N–H and O–H groups in total. The van der Waals surface area contributed by atoms with Gasteiger partial charge in [-0.2, -0.15) is 13.2 Å². The number of aryl methyl sites for hydroxylation is 1. The fourth-order valence-corrected chi connectivity index (χ4v) is 4.33. The first-order chi connectivity index (χ1) is 14.9. The van der Waals surface area contributed by atoms with Gasteiger partial charge in [0, 0.05) is 10.9 Å². The maximum absolute atomic E-state index is 13.8. The van der Waals surface area contributed by atoms with Gasteiger partial charge in [-0.1, -0.05) is 66.2 Å². The minimum atomic E-state index is -4.49. The Morgan fingerprint density at radius 3 is 2.19 bits per heavy atom. The standard InChI is InChI=1S/C25H22ClF3N2/c26-21-14-13-20(25(27,28)29)24-22(21)19(12-6-7-15-30)23(31-24)18-11-5-4-10-17(18)16-8-2-1-3-9-16/h1-5,8-11,13-14,31H,6-7,12,15,30H2. The van der Waals surface area contributed by atoms with Crippen LogP contribution in [0.5, 0.6) is 0 Å². The molecule has 0 amide bonds. The van der Waals surface area contributed by atoms with Crippen molar-refractivity contribution in [2.45, 2.75) is 25.4 Å². The van der Waals surface area contributed by atoms with Crippen LogP contribution in [0.3, 0.4) is 0 Å². The molecule has 0 fully saturated rings. The number of H-pyrrole nitrogens is 1. The number of aromatic nitrogens is 1. The number of hydrogen-bond acceptors (Lipinski definition) is 1. The summed E-state index contributed by atoms with van der Waals surface area (Å²) >= 11 is 6.44. The van der Waals surface area contributed by atoms with E-state index in [0.717, 1.165) is 41.2 Å². The van der Waals surface area contributed by atoms with Gasteiger partial charge in [-0.3, -0.25) is 0 Å². The Morgan fingerprint density at radius 2 is 1.52 bits per heavy atom. The van der Waals surface area contributed by atoms with Crippen molar-refractivity contribution in [1.29, 1.82) is 0 Å². The fraction of sp³-hybridized carbons (Fsp3) is 0.200. The molecule has 0 spiro atoms. The maximum atomic E-state index is 13.8. The summed E-state index contributed by atoms with van der Waals surface area (Å²) in [6.45, 7) is 0.528. The number of nitrogens with one attached hydrogen (secondary N) is 1. The van der Waals surface area contributed by atoms with E-state index >= 15 is 0 Å². The molecule has 1 aromatic heterocycles. The lowest BCUT2D eigenvalue weighted by Crippen LogP contribution is -2.05. The normalized spacial score (nSPS) is 11.9. The zero-order valence-corrected chi connectivity index (χ0v) is 17.5. The second-order valence-electron chi connectivity index (χ2n) is 7.48. The van der Waals surface area contributed by atoms with Crippen molar-refractivity contribution in [2.24, 2.45) is 5.73 Å². The lowest BCUT2D eigenvalue weighted by molar-refractivity contribution is -0.136. The molecule has 0 aliphatic heterocycles. The van der Waals surface area contributed by atoms with Crippen LogP contribution in [0.15, 0.2) is 66.7 Å². The number of fused-ring (bicyclic) bond motifs is 1. The van der Waals surface area contributed by atoms with Crippen LogP contribution in [0.1, 0.15) is 24.0 Å². The van der Waals surface area contributed by atoms with Crippen LogP contribution in [0.2, 0.25) is 5.02 Å². The first kappa shape index (κ1) is 21.5. The van der Waals surface area contributed by atoms with Crippen LogP contribution >= 0.6 is 11.6 Å². The Balaban J connectivity index is 2.01. The molecule has 160 valence electrons. The van der Waals surface area contributed by atoms with E-state index in [1.807, 2.05) is 54.6 Å². The molecule has 4 aromatic rings. The average molecular weight is 443 g/mol. The summed E-state index contributed by atoms with van der Waals surface area (Å²) in [5.41, 5.74) is 9.22. The smallest absolute Gasteiger partial charge is 0.354 e. The van der Waals surface area contributed by atoms with Crippen LogP contribution in [0.4, 0.5) is 13.2 Å². The Kier molecular flexibility index (Phi) is 6.08. The highest BCUT2D eigenvalue weighted by molar-refractivity contribution is 6.36. The van der Waals surface area contributed by atoms with Crippen molar-refractivity contribution >= 4 is 22.5 Å². The predicted octanol–water partition coefficient (Wildman–Crippen LogP) is 7.46. The molecule has 0 radical (unpaired) electrons. The van der Waals surface area contributed by atoms with Crippen LogP contribution in [0, 0.1) is 0 Å². The number of hydrogen-bond donors (Lipinski definition) is 2. The Labute approximate surface area is 183 Å². The summed E-state index contributed by atoms with van der Waals surface area (Å²) in [6.07, 6.45) is -2.37. The van der Waals surface area contributed by atoms with Crippen LogP contribution in [0.25, 0.3) is 33.3 Å². The second-order valence-corrected chi connectivity index (χ2v) is 7.89. The first-order valence-electron chi connectivity index (χ1n) is 10.2. The zero-order valence-electron chi connectivity index (χ0n) is 16.8. The average Bonchev–Trinajstić information content (AvgIpc) is 3.14. The van der Waals surface area contributed by atoms with Gasteiger partial charge in [0.05, 0.1) is 21.8 Å². The van der Waals surface area contributed by atoms with Crippen LogP contribution in [-0.4, -0.2) is 11.5 Å². The molecular formula is C25H22ClF3N2. The molecule has 0 unspecified atom stereocenters. The largest absolute Gasteiger partial charge is 0.418 e. The van der Waals surface area contributed by atoms with E-state index in [-0.39, 0.29) is 5.52 Å². The molecule has 0 saturated heterocycles. The fourth-order valence-electron chi connectivity index (χ4n) is 4.06. The van der Waals surface area contributed by atoms with E-state index in [0.29, 0.717) is 29.1 Å². The molecule has 6 heteroatoms. The van der Waals surface area contributed by atoms with Crippen molar-refractivity contribution in [3.63, 3.8) is 0 Å². The van der Waals surface area contributed by atoms with Gasteiger partial charge >= 0.3 is 6.18 Å². The Bertz CT molecular complexity index is 1200. The highest BCUT2D eigenvalue weighted by Gasteiger charge is 2.35. The van der Waals surface area contributed by atoms with Gasteiger partial charge in [-0.15, -0.1) is 0 Å². The maximum Gasteiger partial charge on any atom is 0.418 e. The van der Waals surface area contributed by atoms with Crippen LogP contribution < -0.4 is 5.73 Å². The molecule has 3 aromatic carbocycles. The summed E-state index contributed by atoms with van der Waals surface area (Å²) in [7, 11) is 0. The van der Waals surface area contributed by atoms with Crippen LogP contribution in [-0.2, 0) is 12.6 Å². The SMILES string of the molecule is NCCCCc1c(-c2ccccc2-c2ccccc2)[nH]c2c(C(F)(F)F)ccc(Cl)c12. The summed E-state index contributed by atoms with van der Waals surface area (Å²) in [6, 6.07) is 19.9. The number of alkyl halides is 3. The van der Waals surface area contributed by atoms with Gasteiger partial charge in [0.25, 0.3) is 0 Å². The number of aromatic amines is 1. The number of halogens is 4. The summed E-state index contributed by atoms with van der Waals surface area (Å²) in [4.78, 5) is 3.10. The third kappa shape index (κ3) is 4.21. The van der Waals surface area contributed by atoms with Crippen molar-refractivity contribution in [1.82, 2.24) is 4.98 Å². The number of nitrogens with two attached hydrogens (primary N) is 1. The van der Waals surface area contributed by atoms with Crippen molar-refractivity contribution in [2.75, 3.05) is 6.54 Å². The summed E-state index contributed by atoms with van der Waals surface area (Å²) in [5.74, 6) is 0. The molecule has 0 aliphatic carbocycles. The van der Waals surface area contributed by atoms with Crippen molar-refractivity contribution < 1.29 is 13.2 Å². The minimum Gasteiger partial charge on any atom is -0.354 e. The van der Waals surface area contributed by atoms with Gasteiger partial charge in [0.2, 0.25) is 0 Å². The van der Waals surface area contributed by atoms with E-state index in [9.17, 15) is 13.2 Å². The monoisotopic (exact) mass is 442 g/mol. The van der Waals surface area contributed by atoms with E-state index < -0.39 is 11.7 Å². The van der Waals surface area contributed by atoms with Gasteiger partial charge in [0.15, 0.2) is 0 Å². The zero-order chi connectivity index (χ0) is 22.0. The second kappa shape index (κ2) is 8.77. The third-order valence-corrected chi connectivity index (χ3v) is 5.79. The first-order valence-corrected chi connectivity index (χ1v) is 10.5. The summed E-state index contributed by atoms with van der Waals surface area (Å²) in [5, 5.41) is 0.747. The van der Waals surface area contributed by atoms with Gasteiger partial charge in [-0.25, -0.2) is 0 Å². The molecule has 0 atom stereocenters. The quantitative estimate of drug-likeness (QED) is 0.299. The number of rotatable bonds is 6. The van der Waals surface area contributed by atoms with Gasteiger partial charge in [-0.05, 0) is 54.6 Å². The molecule has 4 rings (SSSR count). The van der Waals surface area contributed by atoms with E-state index in [4.69, 9.17) is 17.3 Å². The topological polar surface area (TPSA) is 41.8 Å². The minimum absolute atomic E-state index is 0.0283. The number of unbranched alkanes of at least 4 members (excludes halogenated alkanes) is 1. The molecule has 0 saturated carbocycles. The van der Waals surface area contributed by atoms with E-state index in [1.54, 1.807) is 0 Å². The lowest BCUT2D eigenvalue weighted by atomic mass is 9.93.